The third-order valence-corrected chi connectivity index (χ3v) is 4.15. The predicted octanol–water partition coefficient (Wildman–Crippen LogP) is 6.14. The first-order chi connectivity index (χ1) is 12.7. The number of alkyl halides is 3. The van der Waals surface area contributed by atoms with E-state index < -0.39 is 11.7 Å². The number of hydrogen-bond acceptors (Lipinski definition) is 4. The Kier molecular flexibility index (Phi) is 5.69. The van der Waals surface area contributed by atoms with Crippen molar-refractivity contribution in [1.82, 2.24) is 15.2 Å². The smallest absolute Gasteiger partial charge is 0.349 e. The Hall–Kier alpha value is -2.16. The van der Waals surface area contributed by atoms with E-state index in [9.17, 15) is 13.2 Å². The number of H-pyrrole nitrogens is 1. The molecule has 0 saturated carbocycles. The Labute approximate surface area is 166 Å². The lowest BCUT2D eigenvalue weighted by Crippen LogP contribution is -2.07. The molecule has 0 saturated heterocycles. The fraction of sp³-hybridized carbons (Fsp3) is 0.125. The number of aromatic nitrogens is 3. The van der Waals surface area contributed by atoms with Crippen LogP contribution < -0.4 is 10.6 Å². The Bertz CT molecular complexity index is 938. The fourth-order valence-electron chi connectivity index (χ4n) is 2.24. The van der Waals surface area contributed by atoms with Gasteiger partial charge in [-0.25, -0.2) is 5.10 Å². The van der Waals surface area contributed by atoms with Crippen LogP contribution in [0, 0.1) is 0 Å². The second-order valence-corrected chi connectivity index (χ2v) is 6.74. The zero-order valence-corrected chi connectivity index (χ0v) is 15.6. The van der Waals surface area contributed by atoms with Crippen LogP contribution in [0.2, 0.25) is 15.1 Å². The van der Waals surface area contributed by atoms with E-state index >= 15 is 0 Å². The van der Waals surface area contributed by atoms with Gasteiger partial charge in [-0.1, -0.05) is 40.9 Å². The lowest BCUT2D eigenvalue weighted by molar-refractivity contribution is -0.137. The molecule has 0 aliphatic rings. The zero-order valence-electron chi connectivity index (χ0n) is 13.3. The molecule has 0 spiro atoms. The topological polar surface area (TPSA) is 65.6 Å². The third-order valence-electron chi connectivity index (χ3n) is 3.40. The first-order valence-corrected chi connectivity index (χ1v) is 8.59. The minimum absolute atomic E-state index is 0.193. The Morgan fingerprint density at radius 3 is 2.33 bits per heavy atom. The lowest BCUT2D eigenvalue weighted by Gasteiger charge is -2.10. The molecular weight excluding hydrogens is 426 g/mol. The first kappa shape index (κ1) is 19.6. The minimum atomic E-state index is -4.49. The summed E-state index contributed by atoms with van der Waals surface area (Å²) in [6, 6.07) is 8.43. The zero-order chi connectivity index (χ0) is 19.6. The average Bonchev–Trinajstić information content (AvgIpc) is 2.98. The lowest BCUT2D eigenvalue weighted by atomic mass is 10.1. The van der Waals surface area contributed by atoms with Gasteiger partial charge < -0.3 is 10.6 Å². The van der Waals surface area contributed by atoms with Crippen LogP contribution >= 0.6 is 34.8 Å². The number of hydrogen-bond donors (Lipinski definition) is 3. The molecule has 3 N–H and O–H groups in total. The van der Waals surface area contributed by atoms with Crippen molar-refractivity contribution in [2.75, 3.05) is 10.6 Å². The maximum Gasteiger partial charge on any atom is 0.417 e. The first-order valence-electron chi connectivity index (χ1n) is 7.46. The molecule has 3 aromatic rings. The molecular formula is C16H11Cl3F3N5. The van der Waals surface area contributed by atoms with Crippen LogP contribution in [0.1, 0.15) is 11.1 Å². The highest BCUT2D eigenvalue weighted by Crippen LogP contribution is 2.35. The molecule has 1 heterocycles. The number of anilines is 3. The van der Waals surface area contributed by atoms with E-state index in [0.29, 0.717) is 27.2 Å². The predicted molar refractivity (Wildman–Crippen MR) is 99.9 cm³/mol. The molecule has 0 amide bonds. The Morgan fingerprint density at radius 1 is 1.00 bits per heavy atom. The monoisotopic (exact) mass is 435 g/mol. The third kappa shape index (κ3) is 5.18. The molecule has 0 bridgehead atoms. The van der Waals surface area contributed by atoms with Crippen molar-refractivity contribution in [3.63, 3.8) is 0 Å². The summed E-state index contributed by atoms with van der Waals surface area (Å²) in [6.07, 6.45) is -4.49. The molecule has 2 aromatic carbocycles. The van der Waals surface area contributed by atoms with Gasteiger partial charge >= 0.3 is 6.18 Å². The van der Waals surface area contributed by atoms with Crippen LogP contribution in [0.15, 0.2) is 36.4 Å². The minimum Gasteiger partial charge on any atom is -0.349 e. The van der Waals surface area contributed by atoms with E-state index in [1.807, 2.05) is 0 Å². The summed E-state index contributed by atoms with van der Waals surface area (Å²) in [5.74, 6) is 0.586. The van der Waals surface area contributed by atoms with Gasteiger partial charge in [0.15, 0.2) is 0 Å². The van der Waals surface area contributed by atoms with E-state index in [1.165, 1.54) is 12.1 Å². The molecule has 0 radical (unpaired) electrons. The Balaban J connectivity index is 1.64. The molecule has 0 atom stereocenters. The summed E-state index contributed by atoms with van der Waals surface area (Å²) >= 11 is 17.6. The van der Waals surface area contributed by atoms with Gasteiger partial charge in [0.25, 0.3) is 0 Å². The summed E-state index contributed by atoms with van der Waals surface area (Å²) in [6.45, 7) is 0.193. The molecule has 11 heteroatoms. The van der Waals surface area contributed by atoms with Crippen molar-refractivity contribution >= 4 is 52.4 Å². The fourth-order valence-corrected chi connectivity index (χ4v) is 3.08. The number of aromatic amines is 1. The van der Waals surface area contributed by atoms with E-state index in [1.54, 1.807) is 18.2 Å². The highest BCUT2D eigenvalue weighted by atomic mass is 35.5. The number of benzene rings is 2. The van der Waals surface area contributed by atoms with Gasteiger partial charge in [-0.05, 0) is 35.9 Å². The number of rotatable bonds is 5. The van der Waals surface area contributed by atoms with E-state index in [0.717, 1.165) is 6.07 Å². The highest BCUT2D eigenvalue weighted by molar-refractivity contribution is 6.35. The standard InChI is InChI=1S/C16H11Cl3F3N5/c17-9-4-10(18)6-11(5-9)24-15-25-14(26-27-15)23-7-8-1-2-12(13(19)3-8)16(20,21)22/h1-6H,7H2,(H3,23,24,25,26,27). The van der Waals surface area contributed by atoms with Crippen molar-refractivity contribution in [2.24, 2.45) is 0 Å². The summed E-state index contributed by atoms with van der Waals surface area (Å²) in [5.41, 5.74) is 0.288. The number of halogens is 6. The molecule has 0 aliphatic carbocycles. The van der Waals surface area contributed by atoms with Gasteiger partial charge in [0, 0.05) is 22.3 Å². The molecule has 0 aliphatic heterocycles. The van der Waals surface area contributed by atoms with Crippen LogP contribution in [0.3, 0.4) is 0 Å². The van der Waals surface area contributed by atoms with Crippen molar-refractivity contribution < 1.29 is 13.2 Å². The van der Waals surface area contributed by atoms with Crippen molar-refractivity contribution in [3.8, 4) is 0 Å². The van der Waals surface area contributed by atoms with Crippen molar-refractivity contribution in [3.05, 3.63) is 62.6 Å². The van der Waals surface area contributed by atoms with Gasteiger partial charge in [-0.2, -0.15) is 18.2 Å². The van der Waals surface area contributed by atoms with Gasteiger partial charge in [0.1, 0.15) is 0 Å². The summed E-state index contributed by atoms with van der Waals surface area (Å²) in [4.78, 5) is 4.17. The van der Waals surface area contributed by atoms with Crippen LogP contribution in [0.5, 0.6) is 0 Å². The second-order valence-electron chi connectivity index (χ2n) is 5.46. The maximum atomic E-state index is 12.7. The maximum absolute atomic E-state index is 12.7. The summed E-state index contributed by atoms with van der Waals surface area (Å²) < 4.78 is 38.1. The van der Waals surface area contributed by atoms with Gasteiger partial charge in [0.2, 0.25) is 11.9 Å². The van der Waals surface area contributed by atoms with Gasteiger partial charge in [-0.3, -0.25) is 0 Å². The van der Waals surface area contributed by atoms with E-state index in [4.69, 9.17) is 34.8 Å². The molecule has 142 valence electrons. The van der Waals surface area contributed by atoms with E-state index in [2.05, 4.69) is 25.8 Å². The Morgan fingerprint density at radius 2 is 1.70 bits per heavy atom. The van der Waals surface area contributed by atoms with Crippen LogP contribution in [0.25, 0.3) is 0 Å². The summed E-state index contributed by atoms with van der Waals surface area (Å²) in [7, 11) is 0. The molecule has 1 aromatic heterocycles. The van der Waals surface area contributed by atoms with Crippen molar-refractivity contribution in [1.29, 1.82) is 0 Å². The quantitative estimate of drug-likeness (QED) is 0.449. The average molecular weight is 437 g/mol. The summed E-state index contributed by atoms with van der Waals surface area (Å²) in [5, 5.41) is 13.0. The molecule has 3 rings (SSSR count). The number of nitrogens with one attached hydrogen (secondary N) is 3. The van der Waals surface area contributed by atoms with Gasteiger partial charge in [0.05, 0.1) is 10.6 Å². The molecule has 0 unspecified atom stereocenters. The largest absolute Gasteiger partial charge is 0.417 e. The second kappa shape index (κ2) is 7.84. The number of nitrogens with zero attached hydrogens (tertiary/aromatic N) is 2. The normalized spacial score (nSPS) is 11.5. The molecule has 5 nitrogen and oxygen atoms in total. The molecule has 0 fully saturated rings. The van der Waals surface area contributed by atoms with Crippen molar-refractivity contribution in [2.45, 2.75) is 12.7 Å². The van der Waals surface area contributed by atoms with E-state index in [-0.39, 0.29) is 17.5 Å². The highest BCUT2D eigenvalue weighted by Gasteiger charge is 2.32. The molecule has 27 heavy (non-hydrogen) atoms. The van der Waals surface area contributed by atoms with Gasteiger partial charge in [-0.15, -0.1) is 5.10 Å². The van der Waals surface area contributed by atoms with Crippen LogP contribution in [-0.4, -0.2) is 15.2 Å². The van der Waals surface area contributed by atoms with Crippen LogP contribution in [0.4, 0.5) is 30.8 Å². The van der Waals surface area contributed by atoms with Crippen LogP contribution in [-0.2, 0) is 12.7 Å². The SMILES string of the molecule is FC(F)(F)c1ccc(CNc2n[nH]c(Nc3cc(Cl)cc(Cl)c3)n2)cc1Cl.